The average molecular weight is 284 g/mol. The SMILES string of the molecule is CCCC(C)NC(=O)C(C)N1CCN(CCCN)CC1. The molecule has 5 heteroatoms. The maximum atomic E-state index is 12.2. The quantitative estimate of drug-likeness (QED) is 0.687. The zero-order chi connectivity index (χ0) is 15.0. The van der Waals surface area contributed by atoms with Crippen molar-refractivity contribution >= 4 is 5.91 Å². The highest BCUT2D eigenvalue weighted by Crippen LogP contribution is 2.07. The van der Waals surface area contributed by atoms with E-state index in [-0.39, 0.29) is 18.0 Å². The van der Waals surface area contributed by atoms with E-state index in [1.807, 2.05) is 6.92 Å². The molecule has 2 unspecified atom stereocenters. The Labute approximate surface area is 123 Å². The average Bonchev–Trinajstić information content (AvgIpc) is 2.45. The lowest BCUT2D eigenvalue weighted by atomic mass is 10.1. The van der Waals surface area contributed by atoms with Gasteiger partial charge in [-0.15, -0.1) is 0 Å². The Hall–Kier alpha value is -0.650. The number of carbonyl (C=O) groups excluding carboxylic acids is 1. The van der Waals surface area contributed by atoms with Crippen LogP contribution in [-0.2, 0) is 4.79 Å². The number of amides is 1. The minimum Gasteiger partial charge on any atom is -0.352 e. The van der Waals surface area contributed by atoms with Gasteiger partial charge in [0.05, 0.1) is 6.04 Å². The molecule has 1 aliphatic heterocycles. The van der Waals surface area contributed by atoms with Crippen molar-refractivity contribution in [3.05, 3.63) is 0 Å². The lowest BCUT2D eigenvalue weighted by Crippen LogP contribution is -2.54. The topological polar surface area (TPSA) is 61.6 Å². The van der Waals surface area contributed by atoms with Crippen molar-refractivity contribution in [3.63, 3.8) is 0 Å². The van der Waals surface area contributed by atoms with Crippen molar-refractivity contribution in [1.82, 2.24) is 15.1 Å². The molecule has 0 radical (unpaired) electrons. The first-order valence-corrected chi connectivity index (χ1v) is 8.05. The second-order valence-electron chi connectivity index (χ2n) is 5.89. The van der Waals surface area contributed by atoms with Crippen LogP contribution in [0.5, 0.6) is 0 Å². The van der Waals surface area contributed by atoms with Crippen LogP contribution in [0.3, 0.4) is 0 Å². The van der Waals surface area contributed by atoms with Gasteiger partial charge in [0.2, 0.25) is 5.91 Å². The number of nitrogens with one attached hydrogen (secondary N) is 1. The zero-order valence-electron chi connectivity index (χ0n) is 13.4. The first-order valence-electron chi connectivity index (χ1n) is 8.05. The van der Waals surface area contributed by atoms with Gasteiger partial charge >= 0.3 is 0 Å². The molecular formula is C15H32N4O. The van der Waals surface area contributed by atoms with Gasteiger partial charge in [-0.1, -0.05) is 13.3 Å². The molecule has 0 saturated carbocycles. The van der Waals surface area contributed by atoms with Crippen LogP contribution in [0, 0.1) is 0 Å². The number of carbonyl (C=O) groups is 1. The van der Waals surface area contributed by atoms with Gasteiger partial charge in [0.1, 0.15) is 0 Å². The standard InChI is InChI=1S/C15H32N4O/c1-4-6-13(2)17-15(20)14(3)19-11-9-18(10-12-19)8-5-7-16/h13-14H,4-12,16H2,1-3H3,(H,17,20). The Bertz CT molecular complexity index is 277. The van der Waals surface area contributed by atoms with E-state index >= 15 is 0 Å². The summed E-state index contributed by atoms with van der Waals surface area (Å²) in [6.07, 6.45) is 3.21. The molecule has 118 valence electrons. The third-order valence-corrected chi connectivity index (χ3v) is 4.12. The van der Waals surface area contributed by atoms with Gasteiger partial charge in [0.25, 0.3) is 0 Å². The zero-order valence-corrected chi connectivity index (χ0v) is 13.4. The second-order valence-corrected chi connectivity index (χ2v) is 5.89. The molecule has 0 spiro atoms. The van der Waals surface area contributed by atoms with Crippen molar-refractivity contribution in [1.29, 1.82) is 0 Å². The molecule has 0 aromatic heterocycles. The van der Waals surface area contributed by atoms with E-state index in [0.717, 1.165) is 58.5 Å². The van der Waals surface area contributed by atoms with E-state index in [9.17, 15) is 4.79 Å². The van der Waals surface area contributed by atoms with E-state index < -0.39 is 0 Å². The van der Waals surface area contributed by atoms with Gasteiger partial charge in [-0.25, -0.2) is 0 Å². The Morgan fingerprint density at radius 1 is 1.25 bits per heavy atom. The highest BCUT2D eigenvalue weighted by molar-refractivity contribution is 5.81. The van der Waals surface area contributed by atoms with Crippen LogP contribution in [0.2, 0.25) is 0 Å². The van der Waals surface area contributed by atoms with Crippen molar-refractivity contribution in [2.24, 2.45) is 5.73 Å². The normalized spacial score (nSPS) is 20.6. The first-order chi connectivity index (χ1) is 9.58. The Morgan fingerprint density at radius 2 is 1.90 bits per heavy atom. The Kier molecular flexibility index (Phi) is 8.11. The van der Waals surface area contributed by atoms with Crippen LogP contribution < -0.4 is 11.1 Å². The van der Waals surface area contributed by atoms with Gasteiger partial charge < -0.3 is 16.0 Å². The predicted molar refractivity (Wildman–Crippen MR) is 83.7 cm³/mol. The number of nitrogens with two attached hydrogens (primary N) is 1. The van der Waals surface area contributed by atoms with Crippen LogP contribution in [-0.4, -0.2) is 67.1 Å². The first kappa shape index (κ1) is 17.4. The summed E-state index contributed by atoms with van der Waals surface area (Å²) in [5, 5.41) is 3.11. The van der Waals surface area contributed by atoms with Crippen LogP contribution in [0.15, 0.2) is 0 Å². The molecule has 1 saturated heterocycles. The second kappa shape index (κ2) is 9.32. The third-order valence-electron chi connectivity index (χ3n) is 4.12. The number of nitrogens with zero attached hydrogens (tertiary/aromatic N) is 2. The van der Waals surface area contributed by atoms with Crippen LogP contribution in [0.25, 0.3) is 0 Å². The largest absolute Gasteiger partial charge is 0.352 e. The Morgan fingerprint density at radius 3 is 2.45 bits per heavy atom. The third kappa shape index (κ3) is 5.77. The predicted octanol–water partition coefficient (Wildman–Crippen LogP) is 0.646. The molecule has 20 heavy (non-hydrogen) atoms. The molecule has 0 aromatic carbocycles. The molecule has 2 atom stereocenters. The highest BCUT2D eigenvalue weighted by atomic mass is 16.2. The maximum absolute atomic E-state index is 12.2. The molecule has 0 aliphatic carbocycles. The minimum atomic E-state index is -0.0223. The molecule has 1 heterocycles. The summed E-state index contributed by atoms with van der Waals surface area (Å²) < 4.78 is 0. The lowest BCUT2D eigenvalue weighted by molar-refractivity contribution is -0.127. The summed E-state index contributed by atoms with van der Waals surface area (Å²) in [7, 11) is 0. The minimum absolute atomic E-state index is 0.0223. The van der Waals surface area contributed by atoms with Crippen molar-refractivity contribution < 1.29 is 4.79 Å². The summed E-state index contributed by atoms with van der Waals surface area (Å²) in [5.74, 6) is 0.168. The van der Waals surface area contributed by atoms with Crippen molar-refractivity contribution in [3.8, 4) is 0 Å². The summed E-state index contributed by atoms with van der Waals surface area (Å²) >= 11 is 0. The van der Waals surface area contributed by atoms with E-state index in [1.165, 1.54) is 0 Å². The molecular weight excluding hydrogens is 252 g/mol. The van der Waals surface area contributed by atoms with Gasteiger partial charge in [-0.3, -0.25) is 9.69 Å². The van der Waals surface area contributed by atoms with Gasteiger partial charge in [-0.2, -0.15) is 0 Å². The Balaban J connectivity index is 2.30. The lowest BCUT2D eigenvalue weighted by Gasteiger charge is -2.37. The van der Waals surface area contributed by atoms with Crippen LogP contribution >= 0.6 is 0 Å². The van der Waals surface area contributed by atoms with Crippen LogP contribution in [0.4, 0.5) is 0 Å². The van der Waals surface area contributed by atoms with Gasteiger partial charge in [-0.05, 0) is 39.8 Å². The van der Waals surface area contributed by atoms with E-state index in [2.05, 4.69) is 29.0 Å². The smallest absolute Gasteiger partial charge is 0.237 e. The summed E-state index contributed by atoms with van der Waals surface area (Å²) in [4.78, 5) is 16.9. The molecule has 1 aliphatic rings. The fourth-order valence-electron chi connectivity index (χ4n) is 2.72. The molecule has 0 aromatic rings. The molecule has 1 fully saturated rings. The molecule has 1 rings (SSSR count). The fourth-order valence-corrected chi connectivity index (χ4v) is 2.72. The number of rotatable bonds is 8. The monoisotopic (exact) mass is 284 g/mol. The highest BCUT2D eigenvalue weighted by Gasteiger charge is 2.25. The summed E-state index contributed by atoms with van der Waals surface area (Å²) in [6, 6.07) is 0.256. The maximum Gasteiger partial charge on any atom is 0.237 e. The summed E-state index contributed by atoms with van der Waals surface area (Å²) in [5.41, 5.74) is 5.54. The van der Waals surface area contributed by atoms with E-state index in [4.69, 9.17) is 5.73 Å². The van der Waals surface area contributed by atoms with Crippen LogP contribution in [0.1, 0.15) is 40.0 Å². The number of hydrogen-bond acceptors (Lipinski definition) is 4. The van der Waals surface area contributed by atoms with Gasteiger partial charge in [0, 0.05) is 32.2 Å². The molecule has 3 N–H and O–H groups in total. The number of hydrogen-bond donors (Lipinski definition) is 2. The fraction of sp³-hybridized carbons (Fsp3) is 0.933. The van der Waals surface area contributed by atoms with Crippen molar-refractivity contribution in [2.75, 3.05) is 39.3 Å². The van der Waals surface area contributed by atoms with Gasteiger partial charge in [0.15, 0.2) is 0 Å². The molecule has 1 amide bonds. The van der Waals surface area contributed by atoms with E-state index in [1.54, 1.807) is 0 Å². The molecule has 5 nitrogen and oxygen atoms in total. The summed E-state index contributed by atoms with van der Waals surface area (Å²) in [6.45, 7) is 12.1. The van der Waals surface area contributed by atoms with Crippen molar-refractivity contribution in [2.45, 2.75) is 52.1 Å². The van der Waals surface area contributed by atoms with E-state index in [0.29, 0.717) is 0 Å². The number of piperazine rings is 1. The molecule has 0 bridgehead atoms.